The van der Waals surface area contributed by atoms with Crippen LogP contribution in [0.1, 0.15) is 136 Å². The first-order valence-electron chi connectivity index (χ1n) is 14.9. The van der Waals surface area contributed by atoms with Crippen LogP contribution >= 0.6 is 0 Å². The average molecular weight is 477 g/mol. The average Bonchev–Trinajstić information content (AvgIpc) is 3.23. The minimum atomic E-state index is 0.0683. The molecule has 4 heteroatoms. The van der Waals surface area contributed by atoms with E-state index in [9.17, 15) is 4.79 Å². The van der Waals surface area contributed by atoms with Gasteiger partial charge in [0.1, 0.15) is 13.1 Å². The second kappa shape index (κ2) is 21.1. The van der Waals surface area contributed by atoms with Gasteiger partial charge in [-0.05, 0) is 39.0 Å². The molecule has 1 N–H and O–H groups in total. The topological polar surface area (TPSA) is 41.5 Å². The van der Waals surface area contributed by atoms with Gasteiger partial charge in [0.25, 0.3) is 0 Å². The molecule has 1 aliphatic heterocycles. The summed E-state index contributed by atoms with van der Waals surface area (Å²) < 4.78 is 0.985. The van der Waals surface area contributed by atoms with Crippen molar-refractivity contribution < 1.29 is 9.28 Å². The molecule has 0 saturated carbocycles. The van der Waals surface area contributed by atoms with E-state index in [4.69, 9.17) is 4.99 Å². The molecule has 1 aliphatic rings. The molecule has 0 saturated heterocycles. The van der Waals surface area contributed by atoms with Crippen molar-refractivity contribution >= 4 is 11.7 Å². The Morgan fingerprint density at radius 2 is 1.35 bits per heavy atom. The highest BCUT2D eigenvalue weighted by Gasteiger charge is 2.35. The number of rotatable bonds is 23. The van der Waals surface area contributed by atoms with Gasteiger partial charge >= 0.3 is 0 Å². The number of quaternary nitrogens is 1. The molecule has 198 valence electrons. The molecule has 1 atom stereocenters. The van der Waals surface area contributed by atoms with Crippen LogP contribution in [0.15, 0.2) is 17.1 Å². The summed E-state index contributed by atoms with van der Waals surface area (Å²) in [6.07, 6.45) is 29.4. The van der Waals surface area contributed by atoms with Gasteiger partial charge in [-0.25, -0.2) is 4.99 Å². The lowest BCUT2D eigenvalue weighted by molar-refractivity contribution is -0.833. The van der Waals surface area contributed by atoms with E-state index in [1.165, 1.54) is 115 Å². The molecule has 0 aromatic heterocycles. The van der Waals surface area contributed by atoms with E-state index in [0.29, 0.717) is 0 Å². The molecule has 0 aromatic rings. The van der Waals surface area contributed by atoms with Gasteiger partial charge in [0.15, 0.2) is 5.84 Å². The maximum Gasteiger partial charge on any atom is 0.217 e. The lowest BCUT2D eigenvalue weighted by atomic mass is 10.0. The number of unbranched alkanes of at least 4 members (excludes halogenated alkanes) is 15. The number of carbonyl (C=O) groups excluding carboxylic acids is 1. The van der Waals surface area contributed by atoms with Crippen LogP contribution in [0, 0.1) is 0 Å². The second-order valence-corrected chi connectivity index (χ2v) is 10.4. The maximum absolute atomic E-state index is 11.2. The van der Waals surface area contributed by atoms with Crippen molar-refractivity contribution in [2.45, 2.75) is 136 Å². The molecule has 1 amide bonds. The summed E-state index contributed by atoms with van der Waals surface area (Å²) in [5.74, 6) is 1.44. The van der Waals surface area contributed by atoms with E-state index in [-0.39, 0.29) is 5.91 Å². The third-order valence-electron chi connectivity index (χ3n) is 7.55. The fourth-order valence-electron chi connectivity index (χ4n) is 5.21. The molecule has 0 bridgehead atoms. The summed E-state index contributed by atoms with van der Waals surface area (Å²) >= 11 is 0. The van der Waals surface area contributed by atoms with Crippen molar-refractivity contribution in [1.29, 1.82) is 0 Å². The van der Waals surface area contributed by atoms with Crippen molar-refractivity contribution in [3.8, 4) is 0 Å². The van der Waals surface area contributed by atoms with Crippen LogP contribution in [0.4, 0.5) is 0 Å². The van der Waals surface area contributed by atoms with Crippen LogP contribution < -0.4 is 5.32 Å². The number of hydrogen-bond acceptors (Lipinski definition) is 2. The van der Waals surface area contributed by atoms with Crippen molar-refractivity contribution in [3.63, 3.8) is 0 Å². The van der Waals surface area contributed by atoms with Gasteiger partial charge in [-0.2, -0.15) is 0 Å². The van der Waals surface area contributed by atoms with E-state index in [0.717, 1.165) is 43.6 Å². The zero-order valence-electron chi connectivity index (χ0n) is 23.2. The summed E-state index contributed by atoms with van der Waals surface area (Å²) in [5.41, 5.74) is 0. The highest BCUT2D eigenvalue weighted by Crippen LogP contribution is 2.20. The SMILES string of the molecule is CCCCCCCCCCCCCC/C=C/CCCCCC1=NCC[N+]1(CC)CCNC(C)=O. The van der Waals surface area contributed by atoms with E-state index < -0.39 is 0 Å². The van der Waals surface area contributed by atoms with E-state index in [1.54, 1.807) is 6.92 Å². The van der Waals surface area contributed by atoms with E-state index in [2.05, 4.69) is 31.3 Å². The summed E-state index contributed by atoms with van der Waals surface area (Å²) in [4.78, 5) is 16.0. The Balaban J connectivity index is 1.93. The number of nitrogens with zero attached hydrogens (tertiary/aromatic N) is 2. The molecule has 1 rings (SSSR count). The fourth-order valence-corrected chi connectivity index (χ4v) is 5.21. The van der Waals surface area contributed by atoms with Gasteiger partial charge < -0.3 is 5.32 Å². The molecule has 0 spiro atoms. The van der Waals surface area contributed by atoms with Crippen molar-refractivity contribution in [2.24, 2.45) is 4.99 Å². The number of likely N-dealkylation sites (N-methyl/N-ethyl adjacent to an activating group) is 1. The summed E-state index contributed by atoms with van der Waals surface area (Å²) in [6.45, 7) is 11.0. The Morgan fingerprint density at radius 3 is 1.88 bits per heavy atom. The Labute approximate surface area is 212 Å². The molecule has 0 aliphatic carbocycles. The van der Waals surface area contributed by atoms with Crippen LogP contribution in [0.5, 0.6) is 0 Å². The highest BCUT2D eigenvalue weighted by molar-refractivity contribution is 5.77. The van der Waals surface area contributed by atoms with Crippen molar-refractivity contribution in [1.82, 2.24) is 5.32 Å². The molecule has 4 nitrogen and oxygen atoms in total. The third kappa shape index (κ3) is 15.0. The quantitative estimate of drug-likeness (QED) is 0.0906. The van der Waals surface area contributed by atoms with Gasteiger partial charge in [-0.3, -0.25) is 9.28 Å². The molecule has 0 aromatic carbocycles. The minimum absolute atomic E-state index is 0.0683. The normalized spacial score (nSPS) is 18.0. The Morgan fingerprint density at radius 1 is 0.824 bits per heavy atom. The molecule has 1 heterocycles. The van der Waals surface area contributed by atoms with E-state index in [1.807, 2.05) is 0 Å². The minimum Gasteiger partial charge on any atom is -0.351 e. The molecule has 0 fully saturated rings. The highest BCUT2D eigenvalue weighted by atomic mass is 16.1. The monoisotopic (exact) mass is 476 g/mol. The number of amidine groups is 1. The van der Waals surface area contributed by atoms with Crippen LogP contribution in [0.25, 0.3) is 0 Å². The number of hydrogen-bond donors (Lipinski definition) is 1. The second-order valence-electron chi connectivity index (χ2n) is 10.4. The lowest BCUT2D eigenvalue weighted by Crippen LogP contribution is -2.54. The van der Waals surface area contributed by atoms with Crippen LogP contribution in [-0.4, -0.2) is 48.9 Å². The first-order chi connectivity index (χ1) is 16.6. The third-order valence-corrected chi connectivity index (χ3v) is 7.55. The van der Waals surface area contributed by atoms with Crippen molar-refractivity contribution in [2.75, 3.05) is 32.7 Å². The number of nitrogens with one attached hydrogen (secondary N) is 1. The fraction of sp³-hybridized carbons (Fsp3) is 0.867. The van der Waals surface area contributed by atoms with Crippen LogP contribution in [-0.2, 0) is 4.79 Å². The number of carbonyl (C=O) groups is 1. The van der Waals surface area contributed by atoms with Gasteiger partial charge in [0, 0.05) is 13.3 Å². The zero-order valence-corrected chi connectivity index (χ0v) is 23.2. The van der Waals surface area contributed by atoms with Crippen molar-refractivity contribution in [3.05, 3.63) is 12.2 Å². The van der Waals surface area contributed by atoms with Gasteiger partial charge in [0.05, 0.1) is 19.6 Å². The Bertz CT molecular complexity index is 557. The summed E-state index contributed by atoms with van der Waals surface area (Å²) in [7, 11) is 0. The van der Waals surface area contributed by atoms with Gasteiger partial charge in [-0.15, -0.1) is 0 Å². The maximum atomic E-state index is 11.2. The first-order valence-corrected chi connectivity index (χ1v) is 14.9. The summed E-state index contributed by atoms with van der Waals surface area (Å²) in [5, 5.41) is 2.96. The number of allylic oxidation sites excluding steroid dienone is 2. The molecular formula is C30H58N3O+. The molecule has 34 heavy (non-hydrogen) atoms. The summed E-state index contributed by atoms with van der Waals surface area (Å²) in [6, 6.07) is 0. The van der Waals surface area contributed by atoms with E-state index >= 15 is 0 Å². The predicted molar refractivity (Wildman–Crippen MR) is 149 cm³/mol. The smallest absolute Gasteiger partial charge is 0.217 e. The first kappa shape index (κ1) is 30.9. The Kier molecular flexibility index (Phi) is 19.2. The molecular weight excluding hydrogens is 418 g/mol. The van der Waals surface area contributed by atoms with Gasteiger partial charge in [0.2, 0.25) is 5.91 Å². The standard InChI is InChI=1S/C30H57N3O/c1-4-6-7-8-9-10-11-12-13-14-15-16-17-18-19-20-21-22-23-24-30-32-26-28-33(30,5-2)27-25-31-29(3)34/h18-19H,4-17,20-28H2,1-3H3/p+1/b19-18+. The van der Waals surface area contributed by atoms with Crippen LogP contribution in [0.3, 0.4) is 0 Å². The lowest BCUT2D eigenvalue weighted by Gasteiger charge is -2.33. The number of amides is 1. The molecule has 1 unspecified atom stereocenters. The predicted octanol–water partition coefficient (Wildman–Crippen LogP) is 7.97. The number of aliphatic imine (C=N–C) groups is 1. The van der Waals surface area contributed by atoms with Gasteiger partial charge in [-0.1, -0.05) is 96.1 Å². The largest absolute Gasteiger partial charge is 0.351 e. The molecule has 0 radical (unpaired) electrons. The Hall–Kier alpha value is -1.16. The van der Waals surface area contributed by atoms with Crippen LogP contribution in [0.2, 0.25) is 0 Å². The zero-order chi connectivity index (χ0) is 24.7.